The maximum absolute atomic E-state index is 5.89. The van der Waals surface area contributed by atoms with Crippen molar-refractivity contribution >= 4 is 49.1 Å². The van der Waals surface area contributed by atoms with Crippen molar-refractivity contribution in [3.63, 3.8) is 0 Å². The molecule has 0 aliphatic carbocycles. The summed E-state index contributed by atoms with van der Waals surface area (Å²) in [4.78, 5) is 0. The number of rotatable bonds is 7. The molecule has 0 aliphatic heterocycles. The minimum atomic E-state index is 0.661. The largest absolute Gasteiger partial charge is 0.496 e. The van der Waals surface area contributed by atoms with Gasteiger partial charge in [-0.2, -0.15) is 0 Å². The highest BCUT2D eigenvalue weighted by molar-refractivity contribution is 9.11. The molecule has 0 fully saturated rings. The van der Waals surface area contributed by atoms with E-state index in [2.05, 4.69) is 37.2 Å². The molecule has 0 aromatic heterocycles. The third kappa shape index (κ3) is 4.80. The molecule has 0 heterocycles. The fourth-order valence-corrected chi connectivity index (χ4v) is 2.83. The second-order valence-corrected chi connectivity index (χ2v) is 6.60. The van der Waals surface area contributed by atoms with Crippen LogP contribution in [0, 0.1) is 0 Å². The van der Waals surface area contributed by atoms with Gasteiger partial charge in [-0.1, -0.05) is 0 Å². The van der Waals surface area contributed by atoms with Gasteiger partial charge in [0.15, 0.2) is 0 Å². The zero-order chi connectivity index (χ0) is 15.9. The first kappa shape index (κ1) is 17.4. The normalized spacial score (nSPS) is 10.4. The number of hydrogen-bond acceptors (Lipinski definition) is 3. The zero-order valence-corrected chi connectivity index (χ0v) is 16.0. The van der Waals surface area contributed by atoms with E-state index >= 15 is 0 Å². The molecule has 2 aromatic carbocycles. The van der Waals surface area contributed by atoms with Crippen LogP contribution in [0.15, 0.2) is 45.3 Å². The molecule has 0 saturated heterocycles. The first-order chi connectivity index (χ1) is 10.6. The molecular weight excluding hydrogens is 433 g/mol. The van der Waals surface area contributed by atoms with Crippen molar-refractivity contribution in [3.8, 4) is 17.2 Å². The van der Waals surface area contributed by atoms with Gasteiger partial charge in [-0.3, -0.25) is 0 Å². The van der Waals surface area contributed by atoms with Crippen molar-refractivity contribution in [2.45, 2.75) is 6.42 Å². The Kier molecular flexibility index (Phi) is 6.86. The summed E-state index contributed by atoms with van der Waals surface area (Å²) >= 11 is 12.6. The lowest BCUT2D eigenvalue weighted by Gasteiger charge is -2.12. The number of alkyl halides is 1. The van der Waals surface area contributed by atoms with E-state index in [1.165, 1.54) is 0 Å². The summed E-state index contributed by atoms with van der Waals surface area (Å²) in [6, 6.07) is 11.5. The first-order valence-corrected chi connectivity index (χ1v) is 8.87. The van der Waals surface area contributed by atoms with Crippen molar-refractivity contribution in [3.05, 3.63) is 45.3 Å². The van der Waals surface area contributed by atoms with E-state index in [1.807, 2.05) is 36.4 Å². The summed E-state index contributed by atoms with van der Waals surface area (Å²) in [7, 11) is 1.63. The van der Waals surface area contributed by atoms with Gasteiger partial charge in [0.2, 0.25) is 0 Å². The van der Waals surface area contributed by atoms with Gasteiger partial charge in [0.25, 0.3) is 0 Å². The maximum atomic E-state index is 5.89. The third-order valence-corrected chi connectivity index (χ3v) is 4.43. The Bertz CT molecular complexity index is 620. The predicted molar refractivity (Wildman–Crippen MR) is 98.7 cm³/mol. The van der Waals surface area contributed by atoms with Crippen molar-refractivity contribution in [1.29, 1.82) is 0 Å². The van der Waals surface area contributed by atoms with Crippen molar-refractivity contribution < 1.29 is 9.47 Å². The molecular formula is C16H16Br2ClNO2. The highest BCUT2D eigenvalue weighted by Gasteiger charge is 2.09. The van der Waals surface area contributed by atoms with Crippen molar-refractivity contribution in [2.75, 3.05) is 24.9 Å². The minimum absolute atomic E-state index is 0.661. The summed E-state index contributed by atoms with van der Waals surface area (Å²) in [5.41, 5.74) is 1.05. The Labute approximate surface area is 152 Å². The average Bonchev–Trinajstić information content (AvgIpc) is 2.52. The first-order valence-electron chi connectivity index (χ1n) is 6.75. The molecule has 118 valence electrons. The van der Waals surface area contributed by atoms with Crippen molar-refractivity contribution in [2.24, 2.45) is 0 Å². The second kappa shape index (κ2) is 8.65. The Balaban J connectivity index is 2.06. The van der Waals surface area contributed by atoms with Crippen LogP contribution in [0.1, 0.15) is 6.42 Å². The number of ether oxygens (including phenoxy) is 2. The summed E-state index contributed by atoms with van der Waals surface area (Å²) in [6.07, 6.45) is 0.937. The molecule has 0 radical (unpaired) electrons. The monoisotopic (exact) mass is 447 g/mol. The second-order valence-electron chi connectivity index (χ2n) is 4.51. The number of anilines is 1. The van der Waals surface area contributed by atoms with Gasteiger partial charge in [0.1, 0.15) is 17.2 Å². The van der Waals surface area contributed by atoms with E-state index in [9.17, 15) is 0 Å². The van der Waals surface area contributed by atoms with Crippen molar-refractivity contribution in [1.82, 2.24) is 0 Å². The highest BCUT2D eigenvalue weighted by atomic mass is 79.9. The maximum Gasteiger partial charge on any atom is 0.143 e. The average molecular weight is 450 g/mol. The van der Waals surface area contributed by atoms with E-state index in [0.29, 0.717) is 5.88 Å². The lowest BCUT2D eigenvalue weighted by Crippen LogP contribution is -2.01. The third-order valence-electron chi connectivity index (χ3n) is 2.93. The Morgan fingerprint density at radius 2 is 1.68 bits per heavy atom. The van der Waals surface area contributed by atoms with E-state index in [4.69, 9.17) is 21.1 Å². The summed E-state index contributed by atoms with van der Waals surface area (Å²) < 4.78 is 12.8. The molecule has 22 heavy (non-hydrogen) atoms. The molecule has 3 nitrogen and oxygen atoms in total. The Morgan fingerprint density at radius 3 is 2.32 bits per heavy atom. The van der Waals surface area contributed by atoms with Gasteiger partial charge in [-0.15, -0.1) is 11.6 Å². The molecule has 0 spiro atoms. The lowest BCUT2D eigenvalue weighted by atomic mass is 10.3. The molecule has 0 aliphatic rings. The van der Waals surface area contributed by atoms with Crippen LogP contribution in [0.3, 0.4) is 0 Å². The van der Waals surface area contributed by atoms with Crippen LogP contribution in [0.5, 0.6) is 17.2 Å². The van der Waals surface area contributed by atoms with Gasteiger partial charge in [0, 0.05) is 18.1 Å². The van der Waals surface area contributed by atoms with Gasteiger partial charge < -0.3 is 14.8 Å². The Hall–Kier alpha value is -0.910. The standard InChI is InChI=1S/C16H16Br2ClNO2/c1-21-15-9-14(18)16(10-13(15)17)22-12-5-3-11(4-6-12)20-8-2-7-19/h3-6,9-10,20H,2,7-8H2,1H3. The van der Waals surface area contributed by atoms with Crippen LogP contribution in [0.25, 0.3) is 0 Å². The molecule has 0 bridgehead atoms. The minimum Gasteiger partial charge on any atom is -0.496 e. The van der Waals surface area contributed by atoms with E-state index in [0.717, 1.165) is 44.8 Å². The number of benzene rings is 2. The summed E-state index contributed by atoms with van der Waals surface area (Å²) in [6.45, 7) is 0.862. The molecule has 0 unspecified atom stereocenters. The quantitative estimate of drug-likeness (QED) is 0.412. The van der Waals surface area contributed by atoms with E-state index in [1.54, 1.807) is 7.11 Å². The van der Waals surface area contributed by atoms with E-state index < -0.39 is 0 Å². The highest BCUT2D eigenvalue weighted by Crippen LogP contribution is 2.38. The van der Waals surface area contributed by atoms with Crippen LogP contribution < -0.4 is 14.8 Å². The van der Waals surface area contributed by atoms with Gasteiger partial charge in [0.05, 0.1) is 16.1 Å². The topological polar surface area (TPSA) is 30.5 Å². The summed E-state index contributed by atoms with van der Waals surface area (Å²) in [5, 5.41) is 3.30. The SMILES string of the molecule is COc1cc(Br)c(Oc2ccc(NCCCCl)cc2)cc1Br. The van der Waals surface area contributed by atoms with Gasteiger partial charge in [-0.05, 0) is 74.7 Å². The number of hydrogen-bond donors (Lipinski definition) is 1. The fourth-order valence-electron chi connectivity index (χ4n) is 1.81. The predicted octanol–water partition coefficient (Wildman–Crippen LogP) is 6.05. The molecule has 0 atom stereocenters. The number of halogens is 3. The lowest BCUT2D eigenvalue weighted by molar-refractivity contribution is 0.409. The molecule has 0 saturated carbocycles. The van der Waals surface area contributed by atoms with Crippen LogP contribution in [-0.2, 0) is 0 Å². The van der Waals surface area contributed by atoms with Crippen LogP contribution in [-0.4, -0.2) is 19.5 Å². The molecule has 0 amide bonds. The van der Waals surface area contributed by atoms with Gasteiger partial charge >= 0.3 is 0 Å². The molecule has 1 N–H and O–H groups in total. The smallest absolute Gasteiger partial charge is 0.143 e. The van der Waals surface area contributed by atoms with Crippen LogP contribution in [0.2, 0.25) is 0 Å². The fraction of sp³-hybridized carbons (Fsp3) is 0.250. The number of methoxy groups -OCH3 is 1. The van der Waals surface area contributed by atoms with Crippen LogP contribution >= 0.6 is 43.5 Å². The molecule has 2 aromatic rings. The molecule has 6 heteroatoms. The molecule has 2 rings (SSSR count). The van der Waals surface area contributed by atoms with E-state index in [-0.39, 0.29) is 0 Å². The number of nitrogens with one attached hydrogen (secondary N) is 1. The Morgan fingerprint density at radius 1 is 1.05 bits per heavy atom. The van der Waals surface area contributed by atoms with Crippen LogP contribution in [0.4, 0.5) is 5.69 Å². The van der Waals surface area contributed by atoms with Gasteiger partial charge in [-0.25, -0.2) is 0 Å². The zero-order valence-electron chi connectivity index (χ0n) is 12.0. The summed E-state index contributed by atoms with van der Waals surface area (Å²) in [5.74, 6) is 2.89.